The Balaban J connectivity index is 2.12. The van der Waals surface area contributed by atoms with Crippen LogP contribution in [0.4, 0.5) is 14.5 Å². The topological polar surface area (TPSA) is 46.9 Å². The Morgan fingerprint density at radius 3 is 2.65 bits per heavy atom. The van der Waals surface area contributed by atoms with Gasteiger partial charge in [-0.3, -0.25) is 9.48 Å². The minimum atomic E-state index is -2.54. The zero-order chi connectivity index (χ0) is 17.0. The quantitative estimate of drug-likeness (QED) is 0.662. The lowest BCUT2D eigenvalue weighted by Gasteiger charge is -2.08. The smallest absolute Gasteiger partial charge is 0.288 e. The summed E-state index contributed by atoms with van der Waals surface area (Å²) in [7, 11) is 1.83. The third kappa shape index (κ3) is 4.41. The molecule has 23 heavy (non-hydrogen) atoms. The highest BCUT2D eigenvalue weighted by Gasteiger charge is 2.11. The lowest BCUT2D eigenvalue weighted by atomic mass is 10.2. The summed E-state index contributed by atoms with van der Waals surface area (Å²) in [4.78, 5) is 12.4. The van der Waals surface area contributed by atoms with Crippen LogP contribution < -0.4 is 5.32 Å². The maximum atomic E-state index is 12.5. The molecule has 0 unspecified atom stereocenters. The second kappa shape index (κ2) is 7.41. The molecule has 1 heterocycles. The Morgan fingerprint density at radius 1 is 1.35 bits per heavy atom. The molecule has 0 aliphatic rings. The molecule has 0 fully saturated rings. The van der Waals surface area contributed by atoms with E-state index >= 15 is 0 Å². The molecule has 1 amide bonds. The third-order valence-corrected chi connectivity index (χ3v) is 4.12. The molecular weight excluding hydrogens is 320 g/mol. The fourth-order valence-electron chi connectivity index (χ4n) is 2.13. The maximum absolute atomic E-state index is 12.5. The number of para-hydroxylation sites is 1. The number of alkyl halides is 2. The van der Waals surface area contributed by atoms with E-state index in [1.54, 1.807) is 35.0 Å². The van der Waals surface area contributed by atoms with Gasteiger partial charge >= 0.3 is 0 Å². The lowest BCUT2D eigenvalue weighted by Crippen LogP contribution is -2.08. The van der Waals surface area contributed by atoms with E-state index in [1.165, 1.54) is 6.08 Å². The fourth-order valence-corrected chi connectivity index (χ4v) is 2.73. The van der Waals surface area contributed by atoms with Crippen LogP contribution in [0, 0.1) is 13.8 Å². The highest BCUT2D eigenvalue weighted by Crippen LogP contribution is 2.31. The first kappa shape index (κ1) is 17.2. The van der Waals surface area contributed by atoms with E-state index < -0.39 is 5.76 Å². The van der Waals surface area contributed by atoms with Gasteiger partial charge in [-0.05, 0) is 32.1 Å². The van der Waals surface area contributed by atoms with Crippen LogP contribution in [0.3, 0.4) is 0 Å². The van der Waals surface area contributed by atoms with E-state index in [-0.39, 0.29) is 5.91 Å². The molecule has 1 aromatic heterocycles. The summed E-state index contributed by atoms with van der Waals surface area (Å²) in [5.74, 6) is -2.92. The molecule has 0 spiro atoms. The van der Waals surface area contributed by atoms with Crippen molar-refractivity contribution in [2.45, 2.75) is 24.5 Å². The fraction of sp³-hybridized carbons (Fsp3) is 0.250. The van der Waals surface area contributed by atoms with Gasteiger partial charge in [-0.1, -0.05) is 23.9 Å². The predicted molar refractivity (Wildman–Crippen MR) is 88.6 cm³/mol. The van der Waals surface area contributed by atoms with Crippen LogP contribution in [-0.2, 0) is 11.8 Å². The van der Waals surface area contributed by atoms with Crippen molar-refractivity contribution < 1.29 is 13.6 Å². The third-order valence-electron chi connectivity index (χ3n) is 3.33. The second-order valence-corrected chi connectivity index (χ2v) is 5.94. The number of benzene rings is 1. The van der Waals surface area contributed by atoms with E-state index in [4.69, 9.17) is 0 Å². The number of rotatable bonds is 5. The average Bonchev–Trinajstić information content (AvgIpc) is 2.72. The highest BCUT2D eigenvalue weighted by atomic mass is 32.2. The summed E-state index contributed by atoms with van der Waals surface area (Å²) in [5, 5.41) is 6.89. The van der Waals surface area contributed by atoms with Gasteiger partial charge in [0.1, 0.15) is 0 Å². The van der Waals surface area contributed by atoms with Gasteiger partial charge in [0, 0.05) is 29.3 Å². The summed E-state index contributed by atoms with van der Waals surface area (Å²) >= 11 is 0.404. The Morgan fingerprint density at radius 2 is 2.04 bits per heavy atom. The van der Waals surface area contributed by atoms with Crippen molar-refractivity contribution in [2.24, 2.45) is 7.05 Å². The zero-order valence-corrected chi connectivity index (χ0v) is 13.8. The Bertz CT molecular complexity index is 741. The Hall–Kier alpha value is -2.15. The molecule has 0 bridgehead atoms. The standard InChI is InChI=1S/C16H17F2N3OS/c1-10-12(11(2)21(3)20-10)8-9-15(22)19-13-6-4-5-7-14(13)23-16(17)18/h4-9,16H,1-3H3,(H,19,22)/b9-8+. The van der Waals surface area contributed by atoms with Crippen LogP contribution in [0.5, 0.6) is 0 Å². The first-order chi connectivity index (χ1) is 10.9. The predicted octanol–water partition coefficient (Wildman–Crippen LogP) is 4.00. The number of nitrogens with one attached hydrogen (secondary N) is 1. The number of aromatic nitrogens is 2. The van der Waals surface area contributed by atoms with Gasteiger partial charge in [-0.2, -0.15) is 13.9 Å². The first-order valence-corrected chi connectivity index (χ1v) is 7.79. The number of hydrogen-bond donors (Lipinski definition) is 1. The molecule has 1 N–H and O–H groups in total. The van der Waals surface area contributed by atoms with Crippen molar-refractivity contribution in [2.75, 3.05) is 5.32 Å². The van der Waals surface area contributed by atoms with Crippen molar-refractivity contribution >= 4 is 29.4 Å². The van der Waals surface area contributed by atoms with Gasteiger partial charge < -0.3 is 5.32 Å². The number of hydrogen-bond acceptors (Lipinski definition) is 3. The highest BCUT2D eigenvalue weighted by molar-refractivity contribution is 7.99. The molecule has 7 heteroatoms. The van der Waals surface area contributed by atoms with Gasteiger partial charge in [0.05, 0.1) is 11.4 Å². The van der Waals surface area contributed by atoms with E-state index in [0.29, 0.717) is 22.3 Å². The number of carbonyl (C=O) groups excluding carboxylic acids is 1. The number of nitrogens with zero attached hydrogens (tertiary/aromatic N) is 2. The molecule has 0 saturated carbocycles. The van der Waals surface area contributed by atoms with Gasteiger partial charge in [0.25, 0.3) is 5.76 Å². The summed E-state index contributed by atoms with van der Waals surface area (Å²) in [5.41, 5.74) is 3.01. The van der Waals surface area contributed by atoms with Gasteiger partial charge in [-0.25, -0.2) is 0 Å². The maximum Gasteiger partial charge on any atom is 0.288 e. The van der Waals surface area contributed by atoms with Crippen molar-refractivity contribution in [3.8, 4) is 0 Å². The molecule has 2 aromatic rings. The molecule has 0 aliphatic carbocycles. The van der Waals surface area contributed by atoms with Crippen LogP contribution >= 0.6 is 11.8 Å². The van der Waals surface area contributed by atoms with Crippen LogP contribution in [0.1, 0.15) is 17.0 Å². The number of anilines is 1. The molecule has 1 aromatic carbocycles. The summed E-state index contributed by atoms with van der Waals surface area (Å²) in [6.07, 6.45) is 3.05. The Kier molecular flexibility index (Phi) is 5.54. The van der Waals surface area contributed by atoms with Crippen LogP contribution in [0.2, 0.25) is 0 Å². The second-order valence-electron chi connectivity index (χ2n) is 4.91. The van der Waals surface area contributed by atoms with Gasteiger partial charge in [0.15, 0.2) is 0 Å². The number of thioether (sulfide) groups is 1. The van der Waals surface area contributed by atoms with Crippen molar-refractivity contribution in [1.82, 2.24) is 9.78 Å². The molecule has 0 radical (unpaired) electrons. The first-order valence-electron chi connectivity index (χ1n) is 6.91. The summed E-state index contributed by atoms with van der Waals surface area (Å²) < 4.78 is 26.8. The van der Waals surface area contributed by atoms with Gasteiger partial charge in [0.2, 0.25) is 5.91 Å². The number of aryl methyl sites for hydroxylation is 2. The molecule has 0 aliphatic heterocycles. The summed E-state index contributed by atoms with van der Waals surface area (Å²) in [6.45, 7) is 3.77. The average molecular weight is 337 g/mol. The van der Waals surface area contributed by atoms with E-state index in [0.717, 1.165) is 17.0 Å². The largest absolute Gasteiger partial charge is 0.321 e. The van der Waals surface area contributed by atoms with Gasteiger partial charge in [-0.15, -0.1) is 0 Å². The van der Waals surface area contributed by atoms with E-state index in [9.17, 15) is 13.6 Å². The molecule has 0 saturated heterocycles. The zero-order valence-electron chi connectivity index (χ0n) is 13.0. The van der Waals surface area contributed by atoms with Crippen molar-refractivity contribution in [3.05, 3.63) is 47.3 Å². The number of carbonyl (C=O) groups is 1. The van der Waals surface area contributed by atoms with Crippen molar-refractivity contribution in [1.29, 1.82) is 0 Å². The van der Waals surface area contributed by atoms with Crippen LogP contribution in [0.15, 0.2) is 35.2 Å². The van der Waals surface area contributed by atoms with Crippen LogP contribution in [-0.4, -0.2) is 21.4 Å². The van der Waals surface area contributed by atoms with E-state index in [1.807, 2.05) is 20.9 Å². The number of amides is 1. The molecular formula is C16H17F2N3OS. The molecule has 4 nitrogen and oxygen atoms in total. The molecule has 0 atom stereocenters. The summed E-state index contributed by atoms with van der Waals surface area (Å²) in [6, 6.07) is 6.48. The van der Waals surface area contributed by atoms with Crippen LogP contribution in [0.25, 0.3) is 6.08 Å². The number of halogens is 2. The molecule has 2 rings (SSSR count). The SMILES string of the molecule is Cc1nn(C)c(C)c1/C=C/C(=O)Nc1ccccc1SC(F)F. The minimum Gasteiger partial charge on any atom is -0.321 e. The Labute approximate surface area is 137 Å². The lowest BCUT2D eigenvalue weighted by molar-refractivity contribution is -0.111. The molecule has 122 valence electrons. The van der Waals surface area contributed by atoms with E-state index in [2.05, 4.69) is 10.4 Å². The van der Waals surface area contributed by atoms with Crippen molar-refractivity contribution in [3.63, 3.8) is 0 Å². The monoisotopic (exact) mass is 337 g/mol. The normalized spacial score (nSPS) is 11.4. The minimum absolute atomic E-state index is 0.331.